The minimum absolute atomic E-state index is 0.121. The number of ketones is 1. The maximum absolute atomic E-state index is 13.1. The predicted octanol–water partition coefficient (Wildman–Crippen LogP) is 3.65. The number of Topliss-reactive ketones (excluding diaryl/α,β-unsaturated/α-hetero) is 1. The summed E-state index contributed by atoms with van der Waals surface area (Å²) < 4.78 is 27.7. The third-order valence-electron chi connectivity index (χ3n) is 2.78. The quantitative estimate of drug-likeness (QED) is 0.790. The van der Waals surface area contributed by atoms with E-state index in [1.165, 1.54) is 10.9 Å². The number of rotatable bonds is 5. The molecular weight excluding hydrogens is 286 g/mol. The molecule has 1 aromatic carbocycles. The lowest BCUT2D eigenvalue weighted by atomic mass is 10.1. The normalized spacial score (nSPS) is 10.8. The second-order valence-electron chi connectivity index (χ2n) is 4.44. The number of aryl methyl sites for hydroxylation is 1. The molecular formula is C14H13ClF2N2O. The number of benzene rings is 1. The first kappa shape index (κ1) is 14.7. The number of carbonyl (C=O) groups is 1. The lowest BCUT2D eigenvalue weighted by Gasteiger charge is -2.06. The van der Waals surface area contributed by atoms with Gasteiger partial charge in [-0.15, -0.1) is 0 Å². The van der Waals surface area contributed by atoms with Crippen LogP contribution in [0.4, 0.5) is 8.78 Å². The summed E-state index contributed by atoms with van der Waals surface area (Å²) in [7, 11) is 0. The third kappa shape index (κ3) is 3.22. The van der Waals surface area contributed by atoms with E-state index in [0.29, 0.717) is 6.54 Å². The van der Waals surface area contributed by atoms with Gasteiger partial charge in [0.25, 0.3) is 0 Å². The van der Waals surface area contributed by atoms with Gasteiger partial charge in [0.15, 0.2) is 5.78 Å². The zero-order chi connectivity index (χ0) is 14.7. The van der Waals surface area contributed by atoms with E-state index >= 15 is 0 Å². The van der Waals surface area contributed by atoms with Crippen molar-refractivity contribution in [1.29, 1.82) is 0 Å². The number of hydrogen-bond donors (Lipinski definition) is 0. The van der Waals surface area contributed by atoms with E-state index in [1.54, 1.807) is 0 Å². The molecule has 20 heavy (non-hydrogen) atoms. The fourth-order valence-corrected chi connectivity index (χ4v) is 2.25. The summed E-state index contributed by atoms with van der Waals surface area (Å²) in [5.41, 5.74) is 0.547. The van der Waals surface area contributed by atoms with Crippen molar-refractivity contribution in [2.24, 2.45) is 0 Å². The highest BCUT2D eigenvalue weighted by Gasteiger charge is 2.18. The van der Waals surface area contributed by atoms with Crippen LogP contribution in [0.1, 0.15) is 29.4 Å². The summed E-state index contributed by atoms with van der Waals surface area (Å²) >= 11 is 5.95. The Bertz CT molecular complexity index is 620. The van der Waals surface area contributed by atoms with Crippen LogP contribution in [0, 0.1) is 11.6 Å². The molecule has 0 radical (unpaired) electrons. The Morgan fingerprint density at radius 3 is 2.55 bits per heavy atom. The number of halogens is 3. The zero-order valence-electron chi connectivity index (χ0n) is 10.9. The molecule has 1 heterocycles. The van der Waals surface area contributed by atoms with Crippen LogP contribution in [0.3, 0.4) is 0 Å². The van der Waals surface area contributed by atoms with E-state index in [4.69, 9.17) is 11.6 Å². The van der Waals surface area contributed by atoms with Gasteiger partial charge in [-0.3, -0.25) is 9.48 Å². The Morgan fingerprint density at radius 1 is 1.30 bits per heavy atom. The summed E-state index contributed by atoms with van der Waals surface area (Å²) in [4.78, 5) is 12.2. The van der Waals surface area contributed by atoms with Gasteiger partial charge < -0.3 is 0 Å². The van der Waals surface area contributed by atoms with Gasteiger partial charge in [0.2, 0.25) is 0 Å². The Balaban J connectivity index is 2.26. The largest absolute Gasteiger partial charge is 0.292 e. The molecule has 0 atom stereocenters. The van der Waals surface area contributed by atoms with Crippen LogP contribution in [0.5, 0.6) is 0 Å². The first-order valence-corrected chi connectivity index (χ1v) is 6.58. The standard InChI is InChI=1S/C14H13ClF2N2O/c1-2-3-19-14(12(15)8-18-19)13(20)6-9-4-10(16)7-11(17)5-9/h4-5,7-8H,2-3,6H2,1H3. The first-order chi connectivity index (χ1) is 9.51. The average Bonchev–Trinajstić information content (AvgIpc) is 2.69. The summed E-state index contributed by atoms with van der Waals surface area (Å²) in [5, 5.41) is 4.27. The van der Waals surface area contributed by atoms with Crippen LogP contribution >= 0.6 is 11.6 Å². The van der Waals surface area contributed by atoms with Gasteiger partial charge in [-0.25, -0.2) is 8.78 Å². The van der Waals surface area contributed by atoms with Crippen molar-refractivity contribution in [3.8, 4) is 0 Å². The molecule has 0 amide bonds. The van der Waals surface area contributed by atoms with Crippen LogP contribution in [-0.2, 0) is 13.0 Å². The van der Waals surface area contributed by atoms with E-state index in [1.807, 2.05) is 6.92 Å². The molecule has 106 valence electrons. The molecule has 0 unspecified atom stereocenters. The summed E-state index contributed by atoms with van der Waals surface area (Å²) in [5.74, 6) is -1.73. The van der Waals surface area contributed by atoms with Gasteiger partial charge in [-0.2, -0.15) is 5.10 Å². The number of hydrogen-bond acceptors (Lipinski definition) is 2. The SMILES string of the molecule is CCCn1ncc(Cl)c1C(=O)Cc1cc(F)cc(F)c1. The van der Waals surface area contributed by atoms with Crippen molar-refractivity contribution in [1.82, 2.24) is 9.78 Å². The van der Waals surface area contributed by atoms with Crippen molar-refractivity contribution in [3.05, 3.63) is 52.3 Å². The van der Waals surface area contributed by atoms with Gasteiger partial charge in [0.05, 0.1) is 11.2 Å². The third-order valence-corrected chi connectivity index (χ3v) is 3.06. The molecule has 3 nitrogen and oxygen atoms in total. The second-order valence-corrected chi connectivity index (χ2v) is 4.85. The van der Waals surface area contributed by atoms with Crippen molar-refractivity contribution in [3.63, 3.8) is 0 Å². The molecule has 1 aromatic heterocycles. The summed E-state index contributed by atoms with van der Waals surface area (Å²) in [6.45, 7) is 2.51. The van der Waals surface area contributed by atoms with Gasteiger partial charge in [-0.1, -0.05) is 18.5 Å². The molecule has 0 N–H and O–H groups in total. The highest BCUT2D eigenvalue weighted by molar-refractivity contribution is 6.33. The van der Waals surface area contributed by atoms with Gasteiger partial charge in [-0.05, 0) is 24.1 Å². The lowest BCUT2D eigenvalue weighted by Crippen LogP contribution is -2.13. The van der Waals surface area contributed by atoms with Crippen molar-refractivity contribution >= 4 is 17.4 Å². The Morgan fingerprint density at radius 2 is 1.95 bits per heavy atom. The van der Waals surface area contributed by atoms with Crippen molar-refractivity contribution in [2.45, 2.75) is 26.3 Å². The molecule has 2 aromatic rings. The lowest BCUT2D eigenvalue weighted by molar-refractivity contribution is 0.0982. The fraction of sp³-hybridized carbons (Fsp3) is 0.286. The molecule has 0 fully saturated rings. The van der Waals surface area contributed by atoms with E-state index in [2.05, 4.69) is 5.10 Å². The monoisotopic (exact) mass is 298 g/mol. The van der Waals surface area contributed by atoms with Crippen molar-refractivity contribution < 1.29 is 13.6 Å². The number of carbonyl (C=O) groups excluding carboxylic acids is 1. The smallest absolute Gasteiger partial charge is 0.186 e. The van der Waals surface area contributed by atoms with E-state index < -0.39 is 11.6 Å². The van der Waals surface area contributed by atoms with Gasteiger partial charge in [0, 0.05) is 19.0 Å². The maximum Gasteiger partial charge on any atom is 0.186 e. The molecule has 0 bridgehead atoms. The van der Waals surface area contributed by atoms with E-state index in [9.17, 15) is 13.6 Å². The first-order valence-electron chi connectivity index (χ1n) is 6.20. The van der Waals surface area contributed by atoms with Crippen LogP contribution in [0.25, 0.3) is 0 Å². The van der Waals surface area contributed by atoms with Gasteiger partial charge >= 0.3 is 0 Å². The van der Waals surface area contributed by atoms with Crippen LogP contribution in [0.2, 0.25) is 5.02 Å². The van der Waals surface area contributed by atoms with Gasteiger partial charge in [0.1, 0.15) is 17.3 Å². The van der Waals surface area contributed by atoms with Crippen molar-refractivity contribution in [2.75, 3.05) is 0 Å². The molecule has 0 aliphatic rings. The van der Waals surface area contributed by atoms with Crippen LogP contribution in [-0.4, -0.2) is 15.6 Å². The highest BCUT2D eigenvalue weighted by atomic mass is 35.5. The molecule has 0 saturated heterocycles. The Kier molecular flexibility index (Phi) is 4.49. The number of nitrogens with zero attached hydrogens (tertiary/aromatic N) is 2. The molecule has 0 saturated carbocycles. The zero-order valence-corrected chi connectivity index (χ0v) is 11.6. The average molecular weight is 299 g/mol. The molecule has 0 aliphatic carbocycles. The molecule has 6 heteroatoms. The molecule has 0 spiro atoms. The molecule has 0 aliphatic heterocycles. The van der Waals surface area contributed by atoms with E-state index in [0.717, 1.165) is 24.6 Å². The Hall–Kier alpha value is -1.75. The van der Waals surface area contributed by atoms with E-state index in [-0.39, 0.29) is 28.5 Å². The highest BCUT2D eigenvalue weighted by Crippen LogP contribution is 2.19. The van der Waals surface area contributed by atoms with Crippen LogP contribution in [0.15, 0.2) is 24.4 Å². The summed E-state index contributed by atoms with van der Waals surface area (Å²) in [6, 6.07) is 3.03. The number of aromatic nitrogens is 2. The minimum Gasteiger partial charge on any atom is -0.292 e. The predicted molar refractivity (Wildman–Crippen MR) is 71.9 cm³/mol. The Labute approximate surface area is 120 Å². The minimum atomic E-state index is -0.707. The molecule has 2 rings (SSSR count). The second kappa shape index (κ2) is 6.13. The maximum atomic E-state index is 13.1. The summed E-state index contributed by atoms with van der Waals surface area (Å²) in [6.07, 6.45) is 2.08. The fourth-order valence-electron chi connectivity index (χ4n) is 2.00. The topological polar surface area (TPSA) is 34.9 Å². The van der Waals surface area contributed by atoms with Crippen LogP contribution < -0.4 is 0 Å².